The molecule has 0 atom stereocenters. The predicted octanol–water partition coefficient (Wildman–Crippen LogP) is 3.52. The van der Waals surface area contributed by atoms with E-state index >= 15 is 0 Å². The third-order valence-corrected chi connectivity index (χ3v) is 3.44. The second-order valence-corrected chi connectivity index (χ2v) is 5.96. The minimum Gasteiger partial charge on any atom is -0.354 e. The smallest absolute Gasteiger partial charge is 0.261 e. The van der Waals surface area contributed by atoms with Crippen molar-refractivity contribution in [3.05, 3.63) is 47.8 Å². The maximum absolute atomic E-state index is 12.7. The van der Waals surface area contributed by atoms with Crippen LogP contribution in [0.4, 0.5) is 11.6 Å². The van der Waals surface area contributed by atoms with Crippen LogP contribution in [0.1, 0.15) is 36.7 Å². The Morgan fingerprint density at radius 2 is 1.96 bits per heavy atom. The third-order valence-electron chi connectivity index (χ3n) is 3.44. The van der Waals surface area contributed by atoms with Crippen LogP contribution in [0.5, 0.6) is 0 Å². The van der Waals surface area contributed by atoms with Crippen LogP contribution in [-0.2, 0) is 0 Å². The molecule has 122 valence electrons. The van der Waals surface area contributed by atoms with Crippen molar-refractivity contribution in [1.29, 1.82) is 0 Å². The minimum absolute atomic E-state index is 0.0893. The molecule has 5 nitrogen and oxygen atoms in total. The number of nitrogens with zero attached hydrogens (tertiary/aromatic N) is 3. The Hall–Kier alpha value is -2.43. The van der Waals surface area contributed by atoms with Crippen molar-refractivity contribution in [3.63, 3.8) is 0 Å². The number of hydrogen-bond donors (Lipinski definition) is 1. The lowest BCUT2D eigenvalue weighted by molar-refractivity contribution is 0.0987. The largest absolute Gasteiger partial charge is 0.354 e. The molecular formula is C18H24N4O. The zero-order valence-corrected chi connectivity index (χ0v) is 14.2. The van der Waals surface area contributed by atoms with Gasteiger partial charge in [0.1, 0.15) is 0 Å². The molecule has 0 radical (unpaired) electrons. The summed E-state index contributed by atoms with van der Waals surface area (Å²) in [6, 6.07) is 7.91. The van der Waals surface area contributed by atoms with Crippen molar-refractivity contribution >= 4 is 17.5 Å². The zero-order valence-electron chi connectivity index (χ0n) is 14.2. The molecule has 0 aliphatic rings. The molecule has 23 heavy (non-hydrogen) atoms. The number of anilines is 2. The standard InChI is InChI=1S/C18H24N4O/c1-5-22(16-8-6-7-14(4)9-16)17(23)15-11-20-18(21-12-15)19-10-13(2)3/h6-9,11-13H,5,10H2,1-4H3,(H,19,20,21). The zero-order chi connectivity index (χ0) is 16.8. The number of rotatable bonds is 6. The Balaban J connectivity index is 2.14. The molecule has 1 aromatic heterocycles. The lowest BCUT2D eigenvalue weighted by Crippen LogP contribution is -2.31. The van der Waals surface area contributed by atoms with Crippen LogP contribution in [0, 0.1) is 12.8 Å². The van der Waals surface area contributed by atoms with E-state index in [0.717, 1.165) is 17.8 Å². The first kappa shape index (κ1) is 16.9. The fourth-order valence-electron chi connectivity index (χ4n) is 2.22. The van der Waals surface area contributed by atoms with Crippen LogP contribution >= 0.6 is 0 Å². The van der Waals surface area contributed by atoms with Gasteiger partial charge in [0.15, 0.2) is 0 Å². The van der Waals surface area contributed by atoms with E-state index in [-0.39, 0.29) is 5.91 Å². The lowest BCUT2D eigenvalue weighted by Gasteiger charge is -2.21. The highest BCUT2D eigenvalue weighted by molar-refractivity contribution is 6.05. The van der Waals surface area contributed by atoms with Gasteiger partial charge in [-0.25, -0.2) is 9.97 Å². The van der Waals surface area contributed by atoms with Crippen LogP contribution in [0.15, 0.2) is 36.7 Å². The predicted molar refractivity (Wildman–Crippen MR) is 93.9 cm³/mol. The van der Waals surface area contributed by atoms with Crippen molar-refractivity contribution in [1.82, 2.24) is 9.97 Å². The van der Waals surface area contributed by atoms with E-state index in [4.69, 9.17) is 0 Å². The molecule has 2 aromatic rings. The van der Waals surface area contributed by atoms with Gasteiger partial charge in [-0.2, -0.15) is 0 Å². The summed E-state index contributed by atoms with van der Waals surface area (Å²) in [6.07, 6.45) is 3.16. The molecule has 1 heterocycles. The first-order valence-electron chi connectivity index (χ1n) is 7.95. The fraction of sp³-hybridized carbons (Fsp3) is 0.389. The molecule has 1 amide bonds. The van der Waals surface area contributed by atoms with Crippen molar-refractivity contribution in [3.8, 4) is 0 Å². The summed E-state index contributed by atoms with van der Waals surface area (Å²) in [6.45, 7) is 9.60. The van der Waals surface area contributed by atoms with Gasteiger partial charge < -0.3 is 10.2 Å². The molecule has 0 unspecified atom stereocenters. The average molecular weight is 312 g/mol. The van der Waals surface area contributed by atoms with Crippen LogP contribution in [0.3, 0.4) is 0 Å². The summed E-state index contributed by atoms with van der Waals surface area (Å²) in [4.78, 5) is 22.9. The topological polar surface area (TPSA) is 58.1 Å². The number of hydrogen-bond acceptors (Lipinski definition) is 4. The Morgan fingerprint density at radius 1 is 1.26 bits per heavy atom. The van der Waals surface area contributed by atoms with Gasteiger partial charge in [-0.15, -0.1) is 0 Å². The molecule has 5 heteroatoms. The van der Waals surface area contributed by atoms with Crippen LogP contribution in [-0.4, -0.2) is 29.0 Å². The molecule has 1 aromatic carbocycles. The normalized spacial score (nSPS) is 10.7. The highest BCUT2D eigenvalue weighted by atomic mass is 16.2. The number of carbonyl (C=O) groups excluding carboxylic acids is 1. The molecule has 2 rings (SSSR count). The number of carbonyl (C=O) groups is 1. The monoisotopic (exact) mass is 312 g/mol. The van der Waals surface area contributed by atoms with Crippen molar-refractivity contribution < 1.29 is 4.79 Å². The quantitative estimate of drug-likeness (QED) is 0.886. The Morgan fingerprint density at radius 3 is 2.52 bits per heavy atom. The summed E-state index contributed by atoms with van der Waals surface area (Å²) in [5.74, 6) is 0.971. The van der Waals surface area contributed by atoms with Gasteiger partial charge in [-0.05, 0) is 37.5 Å². The minimum atomic E-state index is -0.0893. The average Bonchev–Trinajstić information content (AvgIpc) is 2.54. The first-order valence-corrected chi connectivity index (χ1v) is 7.95. The molecule has 0 bridgehead atoms. The van der Waals surface area contributed by atoms with Crippen molar-refractivity contribution in [2.24, 2.45) is 5.92 Å². The Labute approximate surface area is 137 Å². The molecule has 0 aliphatic carbocycles. The van der Waals surface area contributed by atoms with E-state index in [9.17, 15) is 4.79 Å². The second-order valence-electron chi connectivity index (χ2n) is 5.96. The summed E-state index contributed by atoms with van der Waals surface area (Å²) >= 11 is 0. The van der Waals surface area contributed by atoms with Crippen LogP contribution in [0.2, 0.25) is 0 Å². The molecule has 0 fully saturated rings. The van der Waals surface area contributed by atoms with Gasteiger partial charge in [-0.1, -0.05) is 26.0 Å². The maximum Gasteiger partial charge on any atom is 0.261 e. The van der Waals surface area contributed by atoms with Gasteiger partial charge in [-0.3, -0.25) is 4.79 Å². The van der Waals surface area contributed by atoms with E-state index in [2.05, 4.69) is 29.1 Å². The molecular weight excluding hydrogens is 288 g/mol. The van der Waals surface area contributed by atoms with Gasteiger partial charge in [0.05, 0.1) is 5.56 Å². The maximum atomic E-state index is 12.7. The van der Waals surface area contributed by atoms with Gasteiger partial charge in [0, 0.05) is 31.2 Å². The first-order chi connectivity index (χ1) is 11.0. The molecule has 1 N–H and O–H groups in total. The number of aromatic nitrogens is 2. The number of nitrogens with one attached hydrogen (secondary N) is 1. The third kappa shape index (κ3) is 4.52. The van der Waals surface area contributed by atoms with Crippen LogP contribution < -0.4 is 10.2 Å². The second kappa shape index (κ2) is 7.72. The van der Waals surface area contributed by atoms with Crippen molar-refractivity contribution in [2.45, 2.75) is 27.7 Å². The highest BCUT2D eigenvalue weighted by Crippen LogP contribution is 2.18. The number of benzene rings is 1. The van der Waals surface area contributed by atoms with E-state index in [1.165, 1.54) is 0 Å². The van der Waals surface area contributed by atoms with E-state index in [1.807, 2.05) is 38.1 Å². The SMILES string of the molecule is CCN(C(=O)c1cnc(NCC(C)C)nc1)c1cccc(C)c1. The van der Waals surface area contributed by atoms with E-state index in [1.54, 1.807) is 17.3 Å². The molecule has 0 saturated carbocycles. The van der Waals surface area contributed by atoms with Gasteiger partial charge >= 0.3 is 0 Å². The van der Waals surface area contributed by atoms with Gasteiger partial charge in [0.2, 0.25) is 5.95 Å². The van der Waals surface area contributed by atoms with Crippen LogP contribution in [0.25, 0.3) is 0 Å². The summed E-state index contributed by atoms with van der Waals surface area (Å²) in [7, 11) is 0. The summed E-state index contributed by atoms with van der Waals surface area (Å²) < 4.78 is 0. The van der Waals surface area contributed by atoms with E-state index in [0.29, 0.717) is 24.0 Å². The van der Waals surface area contributed by atoms with Gasteiger partial charge in [0.25, 0.3) is 5.91 Å². The Bertz CT molecular complexity index is 652. The summed E-state index contributed by atoms with van der Waals surface area (Å²) in [5, 5.41) is 3.15. The number of amides is 1. The number of aryl methyl sites for hydroxylation is 1. The summed E-state index contributed by atoms with van der Waals surface area (Å²) in [5.41, 5.74) is 2.50. The van der Waals surface area contributed by atoms with E-state index < -0.39 is 0 Å². The molecule has 0 saturated heterocycles. The molecule has 0 aliphatic heterocycles. The fourth-order valence-corrected chi connectivity index (χ4v) is 2.22. The Kier molecular flexibility index (Phi) is 5.68. The highest BCUT2D eigenvalue weighted by Gasteiger charge is 2.17. The molecule has 0 spiro atoms. The van der Waals surface area contributed by atoms with Crippen molar-refractivity contribution in [2.75, 3.05) is 23.3 Å². The lowest BCUT2D eigenvalue weighted by atomic mass is 10.2.